The van der Waals surface area contributed by atoms with E-state index in [2.05, 4.69) is 34.0 Å². The molecule has 2 aromatic heterocycles. The van der Waals surface area contributed by atoms with E-state index in [1.54, 1.807) is 11.3 Å². The first-order valence-corrected chi connectivity index (χ1v) is 8.29. The Bertz CT molecular complexity index is 719. The molecular weight excluding hydrogens is 311 g/mol. The van der Waals surface area contributed by atoms with Crippen molar-refractivity contribution in [1.29, 1.82) is 0 Å². The smallest absolute Gasteiger partial charge is 0.125 e. The van der Waals surface area contributed by atoms with Gasteiger partial charge in [-0.15, -0.1) is 22.9 Å². The van der Waals surface area contributed by atoms with Crippen molar-refractivity contribution in [2.24, 2.45) is 0 Å². The maximum atomic E-state index is 6.09. The van der Waals surface area contributed by atoms with Crippen molar-refractivity contribution in [2.45, 2.75) is 25.3 Å². The fourth-order valence-corrected chi connectivity index (χ4v) is 3.81. The van der Waals surface area contributed by atoms with Gasteiger partial charge in [-0.05, 0) is 36.1 Å². The predicted molar refractivity (Wildman–Crippen MR) is 87.0 cm³/mol. The number of thiophene rings is 1. The van der Waals surface area contributed by atoms with Gasteiger partial charge < -0.3 is 4.57 Å². The van der Waals surface area contributed by atoms with E-state index in [1.165, 1.54) is 4.88 Å². The molecule has 0 spiro atoms. The first-order chi connectivity index (χ1) is 9.74. The van der Waals surface area contributed by atoms with E-state index in [9.17, 15) is 0 Å². The lowest BCUT2D eigenvalue weighted by molar-refractivity contribution is 0.574. The van der Waals surface area contributed by atoms with Crippen LogP contribution in [-0.4, -0.2) is 9.55 Å². The van der Waals surface area contributed by atoms with Gasteiger partial charge in [0.05, 0.1) is 23.0 Å². The van der Waals surface area contributed by atoms with Crippen LogP contribution in [-0.2, 0) is 5.88 Å². The Morgan fingerprint density at radius 2 is 2.20 bits per heavy atom. The first-order valence-electron chi connectivity index (χ1n) is 6.50. The third kappa shape index (κ3) is 2.34. The fraction of sp³-hybridized carbons (Fsp3) is 0.267. The molecule has 0 radical (unpaired) electrons. The van der Waals surface area contributed by atoms with Gasteiger partial charge in [-0.1, -0.05) is 24.6 Å². The molecule has 104 valence electrons. The number of imidazole rings is 1. The summed E-state index contributed by atoms with van der Waals surface area (Å²) < 4.78 is 2.24. The summed E-state index contributed by atoms with van der Waals surface area (Å²) >= 11 is 13.9. The van der Waals surface area contributed by atoms with Gasteiger partial charge in [0.1, 0.15) is 5.82 Å². The van der Waals surface area contributed by atoms with Crippen LogP contribution in [0.1, 0.15) is 30.1 Å². The number of hydrogen-bond acceptors (Lipinski definition) is 2. The van der Waals surface area contributed by atoms with Crippen LogP contribution in [0.3, 0.4) is 0 Å². The van der Waals surface area contributed by atoms with Crippen LogP contribution in [0.25, 0.3) is 11.0 Å². The van der Waals surface area contributed by atoms with Crippen molar-refractivity contribution in [3.8, 4) is 0 Å². The monoisotopic (exact) mass is 324 g/mol. The quantitative estimate of drug-likeness (QED) is 0.580. The molecule has 5 heteroatoms. The van der Waals surface area contributed by atoms with Crippen molar-refractivity contribution >= 4 is 45.6 Å². The standard InChI is InChI=1S/C15H14Cl2N2S/c1-2-12(14-4-3-7-20-14)19-13-6-5-10(17)8-11(13)18-15(19)9-16/h3-8,12H,2,9H2,1H3. The van der Waals surface area contributed by atoms with Crippen LogP contribution >= 0.6 is 34.5 Å². The molecule has 3 rings (SSSR count). The molecule has 0 bridgehead atoms. The van der Waals surface area contributed by atoms with Gasteiger partial charge in [0.15, 0.2) is 0 Å². The van der Waals surface area contributed by atoms with Crippen LogP contribution in [0.5, 0.6) is 0 Å². The summed E-state index contributed by atoms with van der Waals surface area (Å²) in [5.41, 5.74) is 1.99. The summed E-state index contributed by atoms with van der Waals surface area (Å²) in [6.45, 7) is 2.18. The lowest BCUT2D eigenvalue weighted by Crippen LogP contribution is -2.11. The Morgan fingerprint density at radius 3 is 2.85 bits per heavy atom. The number of alkyl halides is 1. The molecule has 3 aromatic rings. The summed E-state index contributed by atoms with van der Waals surface area (Å²) in [5, 5.41) is 2.81. The van der Waals surface area contributed by atoms with Gasteiger partial charge in [-0.2, -0.15) is 0 Å². The Morgan fingerprint density at radius 1 is 1.35 bits per heavy atom. The SMILES string of the molecule is CCC(c1cccs1)n1c(CCl)nc2cc(Cl)ccc21. The average Bonchev–Trinajstić information content (AvgIpc) is 3.08. The minimum atomic E-state index is 0.273. The van der Waals surface area contributed by atoms with E-state index in [0.29, 0.717) is 10.9 Å². The second-order valence-corrected chi connectivity index (χ2v) is 6.29. The molecule has 0 saturated heterocycles. The van der Waals surface area contributed by atoms with E-state index in [1.807, 2.05) is 18.2 Å². The van der Waals surface area contributed by atoms with Gasteiger partial charge in [0, 0.05) is 9.90 Å². The number of aromatic nitrogens is 2. The Hall–Kier alpha value is -1.03. The third-order valence-electron chi connectivity index (χ3n) is 3.41. The van der Waals surface area contributed by atoms with E-state index >= 15 is 0 Å². The molecular formula is C15H14Cl2N2S. The largest absolute Gasteiger partial charge is 0.319 e. The van der Waals surface area contributed by atoms with E-state index < -0.39 is 0 Å². The summed E-state index contributed by atoms with van der Waals surface area (Å²) in [4.78, 5) is 5.95. The molecule has 20 heavy (non-hydrogen) atoms. The van der Waals surface area contributed by atoms with E-state index in [4.69, 9.17) is 23.2 Å². The number of fused-ring (bicyclic) bond motifs is 1. The van der Waals surface area contributed by atoms with Crippen LogP contribution in [0.2, 0.25) is 5.02 Å². The van der Waals surface area contributed by atoms with Crippen LogP contribution < -0.4 is 0 Å². The molecule has 0 aliphatic heterocycles. The fourth-order valence-electron chi connectivity index (χ4n) is 2.56. The molecule has 1 aromatic carbocycles. The molecule has 0 fully saturated rings. The highest BCUT2D eigenvalue weighted by Crippen LogP contribution is 2.32. The number of rotatable bonds is 4. The molecule has 0 amide bonds. The van der Waals surface area contributed by atoms with Gasteiger partial charge in [-0.25, -0.2) is 4.98 Å². The number of benzene rings is 1. The molecule has 2 heterocycles. The minimum absolute atomic E-state index is 0.273. The average molecular weight is 325 g/mol. The Labute approximate surface area is 132 Å². The lowest BCUT2D eigenvalue weighted by Gasteiger charge is -2.18. The summed E-state index contributed by atoms with van der Waals surface area (Å²) in [6, 6.07) is 10.3. The van der Waals surface area contributed by atoms with Crippen molar-refractivity contribution < 1.29 is 0 Å². The number of nitrogens with zero attached hydrogens (tertiary/aromatic N) is 2. The highest BCUT2D eigenvalue weighted by atomic mass is 35.5. The van der Waals surface area contributed by atoms with Gasteiger partial charge in [0.2, 0.25) is 0 Å². The van der Waals surface area contributed by atoms with Gasteiger partial charge >= 0.3 is 0 Å². The van der Waals surface area contributed by atoms with Crippen molar-refractivity contribution in [3.05, 3.63) is 51.4 Å². The second-order valence-electron chi connectivity index (χ2n) is 4.60. The predicted octanol–water partition coefficient (Wildman–Crippen LogP) is 5.49. The normalized spacial score (nSPS) is 12.9. The highest BCUT2D eigenvalue weighted by molar-refractivity contribution is 7.10. The van der Waals surface area contributed by atoms with Crippen LogP contribution in [0.15, 0.2) is 35.7 Å². The first kappa shape index (κ1) is 13.9. The Kier molecular flexibility index (Phi) is 4.01. The zero-order valence-corrected chi connectivity index (χ0v) is 13.3. The molecule has 0 N–H and O–H groups in total. The number of hydrogen-bond donors (Lipinski definition) is 0. The maximum absolute atomic E-state index is 6.09. The van der Waals surface area contributed by atoms with Crippen LogP contribution in [0.4, 0.5) is 0 Å². The maximum Gasteiger partial charge on any atom is 0.125 e. The van der Waals surface area contributed by atoms with Crippen molar-refractivity contribution in [2.75, 3.05) is 0 Å². The lowest BCUT2D eigenvalue weighted by atomic mass is 10.1. The molecule has 0 aliphatic carbocycles. The highest BCUT2D eigenvalue weighted by Gasteiger charge is 2.19. The van der Waals surface area contributed by atoms with Gasteiger partial charge in [-0.3, -0.25) is 0 Å². The van der Waals surface area contributed by atoms with Gasteiger partial charge in [0.25, 0.3) is 0 Å². The number of halogens is 2. The molecule has 0 saturated carbocycles. The summed E-state index contributed by atoms with van der Waals surface area (Å²) in [7, 11) is 0. The molecule has 0 aliphatic rings. The third-order valence-corrected chi connectivity index (χ3v) is 4.86. The Balaban J connectivity index is 2.22. The van der Waals surface area contributed by atoms with E-state index in [-0.39, 0.29) is 6.04 Å². The zero-order chi connectivity index (χ0) is 14.1. The van der Waals surface area contributed by atoms with Crippen molar-refractivity contribution in [1.82, 2.24) is 9.55 Å². The molecule has 1 unspecified atom stereocenters. The molecule has 2 nitrogen and oxygen atoms in total. The van der Waals surface area contributed by atoms with E-state index in [0.717, 1.165) is 23.3 Å². The second kappa shape index (κ2) is 5.76. The van der Waals surface area contributed by atoms with Crippen LogP contribution in [0, 0.1) is 0 Å². The minimum Gasteiger partial charge on any atom is -0.319 e. The topological polar surface area (TPSA) is 17.8 Å². The van der Waals surface area contributed by atoms with Crippen molar-refractivity contribution in [3.63, 3.8) is 0 Å². The summed E-state index contributed by atoms with van der Waals surface area (Å²) in [6.07, 6.45) is 0.999. The molecule has 1 atom stereocenters. The zero-order valence-electron chi connectivity index (χ0n) is 11.0. The summed E-state index contributed by atoms with van der Waals surface area (Å²) in [5.74, 6) is 1.29.